The number of amides is 2. The molecule has 0 atom stereocenters. The Morgan fingerprint density at radius 1 is 1.08 bits per heavy atom. The van der Waals surface area contributed by atoms with Crippen molar-refractivity contribution in [1.82, 2.24) is 9.80 Å². The van der Waals surface area contributed by atoms with E-state index in [1.807, 2.05) is 0 Å². The topological polar surface area (TPSA) is 59.1 Å². The number of nitrogens with zero attached hydrogens (tertiary/aromatic N) is 2. The molecule has 134 valence electrons. The van der Waals surface area contributed by atoms with Crippen LogP contribution in [0.25, 0.3) is 0 Å². The van der Waals surface area contributed by atoms with Crippen molar-refractivity contribution >= 4 is 11.8 Å². The van der Waals surface area contributed by atoms with Gasteiger partial charge in [-0.25, -0.2) is 4.39 Å². The van der Waals surface area contributed by atoms with E-state index in [2.05, 4.69) is 0 Å². The Morgan fingerprint density at radius 2 is 1.88 bits per heavy atom. The van der Waals surface area contributed by atoms with E-state index < -0.39 is 0 Å². The fourth-order valence-corrected chi connectivity index (χ4v) is 2.94. The summed E-state index contributed by atoms with van der Waals surface area (Å²) in [5.74, 6) is -0.401. The van der Waals surface area contributed by atoms with E-state index in [1.54, 1.807) is 21.9 Å². The number of carbonyl (C=O) groups is 2. The second-order valence-corrected chi connectivity index (χ2v) is 6.03. The molecule has 0 spiro atoms. The zero-order valence-corrected chi connectivity index (χ0v) is 13.9. The monoisotopic (exact) mass is 348 g/mol. The van der Waals surface area contributed by atoms with E-state index in [0.717, 1.165) is 0 Å². The Labute approximate surface area is 145 Å². The lowest BCUT2D eigenvalue weighted by Crippen LogP contribution is -2.39. The second kappa shape index (κ2) is 8.00. The molecule has 1 aromatic carbocycles. The van der Waals surface area contributed by atoms with Gasteiger partial charge in [-0.1, -0.05) is 12.1 Å². The number of hydrogen-bond acceptors (Lipinski definition) is 4. The number of ether oxygens (including phenoxy) is 2. The van der Waals surface area contributed by atoms with Gasteiger partial charge in [-0.05, 0) is 24.1 Å². The number of rotatable bonds is 3. The molecule has 0 bridgehead atoms. The largest absolute Gasteiger partial charge is 0.494 e. The Bertz CT molecular complexity index is 677. The van der Waals surface area contributed by atoms with Gasteiger partial charge in [0.25, 0.3) is 5.91 Å². The molecule has 2 aliphatic heterocycles. The molecule has 2 amide bonds. The summed E-state index contributed by atoms with van der Waals surface area (Å²) in [7, 11) is 0. The lowest BCUT2D eigenvalue weighted by atomic mass is 10.1. The minimum absolute atomic E-state index is 0.0589. The van der Waals surface area contributed by atoms with E-state index in [9.17, 15) is 14.0 Å². The van der Waals surface area contributed by atoms with Crippen LogP contribution in [0, 0.1) is 5.82 Å². The molecule has 0 saturated carbocycles. The number of carbonyl (C=O) groups excluding carboxylic acids is 2. The standard InChI is InChI=1S/C18H21FN2O4/c19-15-4-1-3-14(11-15)12-17(22)20-5-2-6-21(8-7-20)18(23)16-13-24-9-10-25-16/h1,3-4,11,13H,2,5-10,12H2. The molecule has 0 radical (unpaired) electrons. The van der Waals surface area contributed by atoms with Gasteiger partial charge in [0.05, 0.1) is 6.42 Å². The molecular weight excluding hydrogens is 327 g/mol. The third-order valence-corrected chi connectivity index (χ3v) is 4.24. The lowest BCUT2D eigenvalue weighted by molar-refractivity contribution is -0.133. The van der Waals surface area contributed by atoms with Crippen LogP contribution in [0.3, 0.4) is 0 Å². The Kier molecular flexibility index (Phi) is 5.53. The maximum Gasteiger partial charge on any atom is 0.292 e. The maximum atomic E-state index is 13.2. The van der Waals surface area contributed by atoms with Crippen LogP contribution < -0.4 is 0 Å². The summed E-state index contributed by atoms with van der Waals surface area (Å²) in [4.78, 5) is 28.3. The average molecular weight is 348 g/mol. The summed E-state index contributed by atoms with van der Waals surface area (Å²) >= 11 is 0. The van der Waals surface area contributed by atoms with Crippen molar-refractivity contribution in [2.45, 2.75) is 12.8 Å². The van der Waals surface area contributed by atoms with Gasteiger partial charge in [-0.3, -0.25) is 9.59 Å². The van der Waals surface area contributed by atoms with Crippen LogP contribution in [0.5, 0.6) is 0 Å². The van der Waals surface area contributed by atoms with Crippen LogP contribution in [0.15, 0.2) is 36.3 Å². The van der Waals surface area contributed by atoms with Gasteiger partial charge in [0.15, 0.2) is 0 Å². The Balaban J connectivity index is 1.56. The molecule has 1 fully saturated rings. The van der Waals surface area contributed by atoms with Crippen molar-refractivity contribution in [2.75, 3.05) is 39.4 Å². The first kappa shape index (κ1) is 17.3. The average Bonchev–Trinajstić information content (AvgIpc) is 2.88. The molecule has 3 rings (SSSR count). The van der Waals surface area contributed by atoms with E-state index in [-0.39, 0.29) is 29.8 Å². The van der Waals surface area contributed by atoms with Gasteiger partial charge < -0.3 is 19.3 Å². The van der Waals surface area contributed by atoms with Crippen LogP contribution in [-0.4, -0.2) is 61.0 Å². The molecule has 6 nitrogen and oxygen atoms in total. The highest BCUT2D eigenvalue weighted by Crippen LogP contribution is 2.13. The van der Waals surface area contributed by atoms with Crippen molar-refractivity contribution in [3.63, 3.8) is 0 Å². The number of halogens is 1. The SMILES string of the molecule is O=C(Cc1cccc(F)c1)N1CCCN(C(=O)C2=COCCO2)CC1. The summed E-state index contributed by atoms with van der Waals surface area (Å²) in [5.41, 5.74) is 0.653. The molecule has 2 heterocycles. The molecule has 0 N–H and O–H groups in total. The zero-order valence-electron chi connectivity index (χ0n) is 13.9. The van der Waals surface area contributed by atoms with Crippen molar-refractivity contribution in [1.29, 1.82) is 0 Å². The second-order valence-electron chi connectivity index (χ2n) is 6.03. The summed E-state index contributed by atoms with van der Waals surface area (Å²) in [6.07, 6.45) is 2.20. The van der Waals surface area contributed by atoms with E-state index in [1.165, 1.54) is 18.4 Å². The minimum atomic E-state index is -0.346. The molecule has 0 unspecified atom stereocenters. The highest BCUT2D eigenvalue weighted by atomic mass is 19.1. The van der Waals surface area contributed by atoms with Crippen molar-refractivity contribution in [2.24, 2.45) is 0 Å². The molecule has 25 heavy (non-hydrogen) atoms. The van der Waals surface area contributed by atoms with Gasteiger partial charge in [0.2, 0.25) is 11.7 Å². The molecule has 1 aromatic rings. The van der Waals surface area contributed by atoms with Crippen LogP contribution in [0.2, 0.25) is 0 Å². The van der Waals surface area contributed by atoms with Gasteiger partial charge in [-0.2, -0.15) is 0 Å². The number of hydrogen-bond donors (Lipinski definition) is 0. The normalized spacial score (nSPS) is 17.9. The molecular formula is C18H21FN2O4. The highest BCUT2D eigenvalue weighted by molar-refractivity contribution is 5.91. The molecule has 0 aromatic heterocycles. The van der Waals surface area contributed by atoms with Gasteiger partial charge in [0.1, 0.15) is 25.3 Å². The summed E-state index contributed by atoms with van der Waals surface area (Å²) in [6.45, 7) is 2.84. The van der Waals surface area contributed by atoms with Crippen LogP contribution in [0.1, 0.15) is 12.0 Å². The van der Waals surface area contributed by atoms with E-state index in [4.69, 9.17) is 9.47 Å². The quantitative estimate of drug-likeness (QED) is 0.827. The van der Waals surface area contributed by atoms with Crippen LogP contribution in [0.4, 0.5) is 4.39 Å². The van der Waals surface area contributed by atoms with Crippen molar-refractivity contribution < 1.29 is 23.5 Å². The van der Waals surface area contributed by atoms with Gasteiger partial charge in [0, 0.05) is 26.2 Å². The number of benzene rings is 1. The predicted octanol–water partition coefficient (Wildman–Crippen LogP) is 1.32. The van der Waals surface area contributed by atoms with Crippen molar-refractivity contribution in [3.05, 3.63) is 47.7 Å². The lowest BCUT2D eigenvalue weighted by Gasteiger charge is -2.24. The predicted molar refractivity (Wildman–Crippen MR) is 87.9 cm³/mol. The fourth-order valence-electron chi connectivity index (χ4n) is 2.94. The fraction of sp³-hybridized carbons (Fsp3) is 0.444. The molecule has 7 heteroatoms. The van der Waals surface area contributed by atoms with Crippen LogP contribution in [-0.2, 0) is 25.5 Å². The zero-order chi connectivity index (χ0) is 17.6. The summed E-state index contributed by atoms with van der Waals surface area (Å²) < 4.78 is 23.7. The maximum absolute atomic E-state index is 13.2. The summed E-state index contributed by atoms with van der Waals surface area (Å²) in [6, 6.07) is 6.07. The smallest absolute Gasteiger partial charge is 0.292 e. The molecule has 0 aliphatic carbocycles. The van der Waals surface area contributed by atoms with Gasteiger partial charge >= 0.3 is 0 Å². The van der Waals surface area contributed by atoms with Crippen LogP contribution >= 0.6 is 0 Å². The minimum Gasteiger partial charge on any atom is -0.494 e. The Hall–Kier alpha value is -2.57. The van der Waals surface area contributed by atoms with E-state index >= 15 is 0 Å². The first-order valence-corrected chi connectivity index (χ1v) is 8.39. The highest BCUT2D eigenvalue weighted by Gasteiger charge is 2.26. The van der Waals surface area contributed by atoms with Gasteiger partial charge in [-0.15, -0.1) is 0 Å². The van der Waals surface area contributed by atoms with Crippen molar-refractivity contribution in [3.8, 4) is 0 Å². The van der Waals surface area contributed by atoms with E-state index in [0.29, 0.717) is 51.4 Å². The third kappa shape index (κ3) is 4.49. The first-order valence-electron chi connectivity index (χ1n) is 8.39. The molecule has 1 saturated heterocycles. The third-order valence-electron chi connectivity index (χ3n) is 4.24. The first-order chi connectivity index (χ1) is 12.1. The molecule has 2 aliphatic rings. The Morgan fingerprint density at radius 3 is 2.64 bits per heavy atom. The summed E-state index contributed by atoms with van der Waals surface area (Å²) in [5, 5.41) is 0.